The number of amides is 1. The monoisotopic (exact) mass is 424 g/mol. The number of nitrogens with one attached hydrogen (secondary N) is 2. The molecule has 0 fully saturated rings. The van der Waals surface area contributed by atoms with Gasteiger partial charge in [0, 0.05) is 11.4 Å². The molecule has 0 spiro atoms. The molecule has 2 rings (SSSR count). The van der Waals surface area contributed by atoms with Gasteiger partial charge in [-0.05, 0) is 36.4 Å². The molecule has 10 heteroatoms. The van der Waals surface area contributed by atoms with E-state index in [9.17, 15) is 23.2 Å². The van der Waals surface area contributed by atoms with E-state index in [2.05, 4.69) is 20.1 Å². The second kappa shape index (κ2) is 9.65. The second-order valence-corrected chi connectivity index (χ2v) is 5.88. The number of hydrogen-bond donors (Lipinski definition) is 2. The second-order valence-electron chi connectivity index (χ2n) is 5.48. The number of carbonyl (C=O) groups is 3. The van der Waals surface area contributed by atoms with Crippen molar-refractivity contribution < 1.29 is 32.6 Å². The van der Waals surface area contributed by atoms with Crippen LogP contribution in [0.5, 0.6) is 0 Å². The van der Waals surface area contributed by atoms with Crippen LogP contribution in [-0.4, -0.2) is 32.1 Å². The van der Waals surface area contributed by atoms with Gasteiger partial charge in [-0.3, -0.25) is 4.79 Å². The number of halogens is 3. The topological polar surface area (TPSA) is 93.7 Å². The van der Waals surface area contributed by atoms with Crippen LogP contribution in [0.15, 0.2) is 48.2 Å². The Balaban J connectivity index is 2.14. The lowest BCUT2D eigenvalue weighted by atomic mass is 10.2. The van der Waals surface area contributed by atoms with Gasteiger partial charge in [-0.2, -0.15) is 0 Å². The van der Waals surface area contributed by atoms with Crippen LogP contribution in [0, 0.1) is 11.6 Å². The maximum atomic E-state index is 13.3. The van der Waals surface area contributed by atoms with Gasteiger partial charge in [0.15, 0.2) is 11.6 Å². The molecule has 0 aliphatic rings. The summed E-state index contributed by atoms with van der Waals surface area (Å²) >= 11 is 5.78. The maximum absolute atomic E-state index is 13.3. The van der Waals surface area contributed by atoms with Crippen LogP contribution in [0.25, 0.3) is 0 Å². The van der Waals surface area contributed by atoms with E-state index in [0.29, 0.717) is 23.5 Å². The van der Waals surface area contributed by atoms with Crippen molar-refractivity contribution in [3.8, 4) is 0 Å². The standard InChI is InChI=1S/C19H15ClF2N2O5/c1-28-17(25)9-16(19(27)29-2)23-10-3-5-11(6-4-10)24-18(26)12-7-14(21)15(22)8-13(12)20/h3-9,23H,1-2H3,(H,24,26)/b16-9+. The number of methoxy groups -OCH3 is 2. The average molecular weight is 425 g/mol. The molecule has 29 heavy (non-hydrogen) atoms. The van der Waals surface area contributed by atoms with Gasteiger partial charge in [0.25, 0.3) is 5.91 Å². The highest BCUT2D eigenvalue weighted by Gasteiger charge is 2.16. The number of anilines is 2. The molecule has 1 amide bonds. The zero-order valence-electron chi connectivity index (χ0n) is 15.2. The Morgan fingerprint density at radius 1 is 0.931 bits per heavy atom. The van der Waals surface area contributed by atoms with Crippen molar-refractivity contribution in [3.63, 3.8) is 0 Å². The van der Waals surface area contributed by atoms with Crippen molar-refractivity contribution >= 4 is 40.8 Å². The Morgan fingerprint density at radius 3 is 2.03 bits per heavy atom. The maximum Gasteiger partial charge on any atom is 0.354 e. The van der Waals surface area contributed by atoms with Crippen LogP contribution in [0.4, 0.5) is 20.2 Å². The molecule has 2 N–H and O–H groups in total. The lowest BCUT2D eigenvalue weighted by Crippen LogP contribution is -2.16. The number of benzene rings is 2. The summed E-state index contributed by atoms with van der Waals surface area (Å²) in [5, 5.41) is 4.93. The lowest BCUT2D eigenvalue weighted by Gasteiger charge is -2.11. The highest BCUT2D eigenvalue weighted by atomic mass is 35.5. The molecule has 152 valence electrons. The summed E-state index contributed by atoms with van der Waals surface area (Å²) in [6, 6.07) is 7.35. The lowest BCUT2D eigenvalue weighted by molar-refractivity contribution is -0.138. The number of hydrogen-bond acceptors (Lipinski definition) is 6. The summed E-state index contributed by atoms with van der Waals surface area (Å²) in [7, 11) is 2.31. The van der Waals surface area contributed by atoms with E-state index in [1.807, 2.05) is 0 Å². The molecular formula is C19H15ClF2N2O5. The van der Waals surface area contributed by atoms with E-state index < -0.39 is 29.5 Å². The fraction of sp³-hybridized carbons (Fsp3) is 0.105. The van der Waals surface area contributed by atoms with Crippen molar-refractivity contribution in [2.45, 2.75) is 0 Å². The fourth-order valence-corrected chi connectivity index (χ4v) is 2.36. The Kier molecular flexibility index (Phi) is 7.27. The van der Waals surface area contributed by atoms with Crippen molar-refractivity contribution in [1.29, 1.82) is 0 Å². The molecule has 0 atom stereocenters. The normalized spacial score (nSPS) is 10.9. The number of rotatable bonds is 6. The third-order valence-electron chi connectivity index (χ3n) is 3.55. The van der Waals surface area contributed by atoms with Crippen LogP contribution in [0.1, 0.15) is 10.4 Å². The first-order valence-corrected chi connectivity index (χ1v) is 8.34. The van der Waals surface area contributed by atoms with E-state index >= 15 is 0 Å². The van der Waals surface area contributed by atoms with E-state index in [0.717, 1.165) is 20.3 Å². The van der Waals surface area contributed by atoms with E-state index in [-0.39, 0.29) is 16.3 Å². The zero-order valence-corrected chi connectivity index (χ0v) is 16.0. The van der Waals surface area contributed by atoms with E-state index in [4.69, 9.17) is 11.6 Å². The van der Waals surface area contributed by atoms with Gasteiger partial charge in [-0.25, -0.2) is 18.4 Å². The Labute approximate surface area is 169 Å². The summed E-state index contributed by atoms with van der Waals surface area (Å²) in [6.45, 7) is 0. The molecule has 0 saturated heterocycles. The van der Waals surface area contributed by atoms with Crippen molar-refractivity contribution in [3.05, 3.63) is 70.4 Å². The summed E-state index contributed by atoms with van der Waals surface area (Å²) in [5.74, 6) is -4.66. The first-order valence-electron chi connectivity index (χ1n) is 7.96. The average Bonchev–Trinajstić information content (AvgIpc) is 2.70. The van der Waals surface area contributed by atoms with Crippen LogP contribution < -0.4 is 10.6 Å². The van der Waals surface area contributed by atoms with Crippen molar-refractivity contribution in [1.82, 2.24) is 0 Å². The number of ether oxygens (including phenoxy) is 2. The first-order chi connectivity index (χ1) is 13.7. The summed E-state index contributed by atoms with van der Waals surface area (Å²) in [4.78, 5) is 35.3. The van der Waals surface area contributed by atoms with Crippen LogP contribution in [0.3, 0.4) is 0 Å². The minimum Gasteiger partial charge on any atom is -0.466 e. The molecule has 0 heterocycles. The van der Waals surface area contributed by atoms with Crippen molar-refractivity contribution in [2.24, 2.45) is 0 Å². The largest absolute Gasteiger partial charge is 0.466 e. The highest BCUT2D eigenvalue weighted by Crippen LogP contribution is 2.22. The molecule has 0 saturated carbocycles. The van der Waals surface area contributed by atoms with Crippen LogP contribution in [0.2, 0.25) is 5.02 Å². The Hall–Kier alpha value is -3.46. The summed E-state index contributed by atoms with van der Waals surface area (Å²) in [5.41, 5.74) is 0.318. The Morgan fingerprint density at radius 2 is 1.48 bits per heavy atom. The molecule has 0 aliphatic carbocycles. The predicted molar refractivity (Wildman–Crippen MR) is 102 cm³/mol. The van der Waals surface area contributed by atoms with Crippen molar-refractivity contribution in [2.75, 3.05) is 24.9 Å². The van der Waals surface area contributed by atoms with E-state index in [1.54, 1.807) is 0 Å². The third-order valence-corrected chi connectivity index (χ3v) is 3.86. The quantitative estimate of drug-likeness (QED) is 0.419. The Bertz CT molecular complexity index is 977. The summed E-state index contributed by atoms with van der Waals surface area (Å²) in [6.07, 6.45) is 0.923. The van der Waals surface area contributed by atoms with Crippen LogP contribution in [-0.2, 0) is 19.1 Å². The smallest absolute Gasteiger partial charge is 0.354 e. The predicted octanol–water partition coefficient (Wildman–Crippen LogP) is 3.51. The first kappa shape index (κ1) is 21.8. The molecule has 2 aromatic carbocycles. The highest BCUT2D eigenvalue weighted by molar-refractivity contribution is 6.34. The molecule has 0 radical (unpaired) electrons. The van der Waals surface area contributed by atoms with Gasteiger partial charge in [-0.15, -0.1) is 0 Å². The van der Waals surface area contributed by atoms with Gasteiger partial charge < -0.3 is 20.1 Å². The molecule has 0 aromatic heterocycles. The van der Waals surface area contributed by atoms with E-state index in [1.165, 1.54) is 24.3 Å². The third kappa shape index (κ3) is 5.76. The minimum absolute atomic E-state index is 0.162. The van der Waals surface area contributed by atoms with Gasteiger partial charge in [0.1, 0.15) is 5.70 Å². The number of carbonyl (C=O) groups excluding carboxylic acids is 3. The van der Waals surface area contributed by atoms with Gasteiger partial charge in [0.2, 0.25) is 0 Å². The molecule has 0 aliphatic heterocycles. The van der Waals surface area contributed by atoms with Gasteiger partial charge in [0.05, 0.1) is 30.9 Å². The molecule has 0 unspecified atom stereocenters. The van der Waals surface area contributed by atoms with Gasteiger partial charge >= 0.3 is 11.9 Å². The molecule has 0 bridgehead atoms. The van der Waals surface area contributed by atoms with Gasteiger partial charge in [-0.1, -0.05) is 11.6 Å². The molecule has 2 aromatic rings. The SMILES string of the molecule is COC(=O)/C=C(/Nc1ccc(NC(=O)c2cc(F)c(F)cc2Cl)cc1)C(=O)OC. The summed E-state index contributed by atoms with van der Waals surface area (Å²) < 4.78 is 35.5. The van der Waals surface area contributed by atoms with Crippen LogP contribution >= 0.6 is 11.6 Å². The molecular weight excluding hydrogens is 410 g/mol. The minimum atomic E-state index is -1.20. The number of esters is 2. The zero-order chi connectivity index (χ0) is 21.6. The fourth-order valence-electron chi connectivity index (χ4n) is 2.12. The molecule has 7 nitrogen and oxygen atoms in total.